The molecule has 3 nitrogen and oxygen atoms in total. The van der Waals surface area contributed by atoms with Crippen LogP contribution in [-0.2, 0) is 6.61 Å². The molecule has 2 aromatic carbocycles. The third-order valence-electron chi connectivity index (χ3n) is 3.77. The van der Waals surface area contributed by atoms with Gasteiger partial charge in [-0.25, -0.2) is 0 Å². The molecular formula is C18H23NO2. The Kier molecular flexibility index (Phi) is 4.86. The molecule has 2 rings (SSSR count). The average molecular weight is 285 g/mol. The van der Waals surface area contributed by atoms with E-state index in [1.807, 2.05) is 31.2 Å². The van der Waals surface area contributed by atoms with E-state index in [0.29, 0.717) is 6.61 Å². The summed E-state index contributed by atoms with van der Waals surface area (Å²) in [5.74, 6) is 1.73. The maximum atomic E-state index is 5.96. The van der Waals surface area contributed by atoms with Gasteiger partial charge in [0.1, 0.15) is 18.1 Å². The summed E-state index contributed by atoms with van der Waals surface area (Å²) in [5, 5.41) is 0. The first-order valence-electron chi connectivity index (χ1n) is 7.14. The van der Waals surface area contributed by atoms with Crippen molar-refractivity contribution in [1.29, 1.82) is 0 Å². The highest BCUT2D eigenvalue weighted by molar-refractivity contribution is 5.40. The summed E-state index contributed by atoms with van der Waals surface area (Å²) in [4.78, 5) is 0. The number of benzene rings is 2. The highest BCUT2D eigenvalue weighted by atomic mass is 16.5. The van der Waals surface area contributed by atoms with Crippen molar-refractivity contribution < 1.29 is 9.47 Å². The van der Waals surface area contributed by atoms with Crippen LogP contribution < -0.4 is 15.2 Å². The lowest BCUT2D eigenvalue weighted by Crippen LogP contribution is -2.07. The third-order valence-corrected chi connectivity index (χ3v) is 3.77. The molecule has 0 heterocycles. The lowest BCUT2D eigenvalue weighted by atomic mass is 10.1. The van der Waals surface area contributed by atoms with Crippen molar-refractivity contribution in [3.8, 4) is 11.5 Å². The van der Waals surface area contributed by atoms with E-state index in [4.69, 9.17) is 15.2 Å². The molecule has 3 heteroatoms. The standard InChI is InChI=1S/C18H23NO2/c1-12-6-5-7-17(13(12)2)21-11-16-10-15(14(3)19)8-9-18(16)20-4/h5-10,14H,11,19H2,1-4H3. The van der Waals surface area contributed by atoms with Crippen molar-refractivity contribution in [3.05, 3.63) is 58.7 Å². The van der Waals surface area contributed by atoms with Crippen LogP contribution in [-0.4, -0.2) is 7.11 Å². The molecule has 0 radical (unpaired) electrons. The van der Waals surface area contributed by atoms with Gasteiger partial charge in [-0.05, 0) is 55.7 Å². The SMILES string of the molecule is COc1ccc(C(C)N)cc1COc1cccc(C)c1C. The molecule has 0 aliphatic rings. The zero-order valence-corrected chi connectivity index (χ0v) is 13.1. The predicted octanol–water partition coefficient (Wildman–Crippen LogP) is 3.91. The summed E-state index contributed by atoms with van der Waals surface area (Å²) in [6.45, 7) is 6.59. The second-order valence-electron chi connectivity index (χ2n) is 5.35. The first-order chi connectivity index (χ1) is 10.0. The molecule has 0 spiro atoms. The van der Waals surface area contributed by atoms with E-state index in [2.05, 4.69) is 26.0 Å². The second kappa shape index (κ2) is 6.64. The van der Waals surface area contributed by atoms with Crippen LogP contribution in [0.15, 0.2) is 36.4 Å². The van der Waals surface area contributed by atoms with Crippen molar-refractivity contribution in [2.24, 2.45) is 5.73 Å². The van der Waals surface area contributed by atoms with Gasteiger partial charge in [0, 0.05) is 11.6 Å². The highest BCUT2D eigenvalue weighted by Gasteiger charge is 2.09. The number of rotatable bonds is 5. The minimum absolute atomic E-state index is 0.00429. The van der Waals surface area contributed by atoms with E-state index in [1.54, 1.807) is 7.11 Å². The smallest absolute Gasteiger partial charge is 0.125 e. The molecule has 21 heavy (non-hydrogen) atoms. The fraction of sp³-hybridized carbons (Fsp3) is 0.333. The maximum absolute atomic E-state index is 5.96. The minimum Gasteiger partial charge on any atom is -0.496 e. The first-order valence-corrected chi connectivity index (χ1v) is 7.14. The van der Waals surface area contributed by atoms with Crippen LogP contribution in [0.25, 0.3) is 0 Å². The molecule has 0 saturated carbocycles. The number of hydrogen-bond acceptors (Lipinski definition) is 3. The van der Waals surface area contributed by atoms with E-state index in [-0.39, 0.29) is 6.04 Å². The van der Waals surface area contributed by atoms with E-state index in [0.717, 1.165) is 22.6 Å². The quantitative estimate of drug-likeness (QED) is 0.905. The summed E-state index contributed by atoms with van der Waals surface area (Å²) in [7, 11) is 1.67. The van der Waals surface area contributed by atoms with Gasteiger partial charge >= 0.3 is 0 Å². The molecule has 0 fully saturated rings. The Morgan fingerprint density at radius 2 is 1.86 bits per heavy atom. The number of nitrogens with two attached hydrogens (primary N) is 1. The lowest BCUT2D eigenvalue weighted by Gasteiger charge is -2.15. The van der Waals surface area contributed by atoms with Crippen LogP contribution >= 0.6 is 0 Å². The van der Waals surface area contributed by atoms with Gasteiger partial charge in [0.05, 0.1) is 7.11 Å². The molecule has 112 valence electrons. The van der Waals surface area contributed by atoms with Gasteiger partial charge in [-0.3, -0.25) is 0 Å². The third kappa shape index (κ3) is 3.56. The van der Waals surface area contributed by atoms with Crippen LogP contribution in [0.3, 0.4) is 0 Å². The molecule has 0 aliphatic heterocycles. The largest absolute Gasteiger partial charge is 0.496 e. The van der Waals surface area contributed by atoms with E-state index >= 15 is 0 Å². The summed E-state index contributed by atoms with van der Waals surface area (Å²) in [5.41, 5.74) is 10.4. The Balaban J connectivity index is 2.22. The monoisotopic (exact) mass is 285 g/mol. The highest BCUT2D eigenvalue weighted by Crippen LogP contribution is 2.26. The average Bonchev–Trinajstić information content (AvgIpc) is 2.48. The number of aryl methyl sites for hydroxylation is 1. The van der Waals surface area contributed by atoms with Crippen LogP contribution in [0.2, 0.25) is 0 Å². The molecule has 2 aromatic rings. The zero-order valence-electron chi connectivity index (χ0n) is 13.1. The van der Waals surface area contributed by atoms with Gasteiger partial charge in [-0.2, -0.15) is 0 Å². The molecule has 0 bridgehead atoms. The van der Waals surface area contributed by atoms with E-state index < -0.39 is 0 Å². The summed E-state index contributed by atoms with van der Waals surface area (Å²) < 4.78 is 11.4. The Morgan fingerprint density at radius 1 is 1.10 bits per heavy atom. The van der Waals surface area contributed by atoms with E-state index in [9.17, 15) is 0 Å². The van der Waals surface area contributed by atoms with Gasteiger partial charge in [-0.15, -0.1) is 0 Å². The molecule has 0 aliphatic carbocycles. The van der Waals surface area contributed by atoms with Crippen molar-refractivity contribution >= 4 is 0 Å². The van der Waals surface area contributed by atoms with Gasteiger partial charge in [0.15, 0.2) is 0 Å². The first kappa shape index (κ1) is 15.4. The molecular weight excluding hydrogens is 262 g/mol. The van der Waals surface area contributed by atoms with Gasteiger partial charge in [0.25, 0.3) is 0 Å². The fourth-order valence-electron chi connectivity index (χ4n) is 2.23. The van der Waals surface area contributed by atoms with Gasteiger partial charge in [0.2, 0.25) is 0 Å². The molecule has 1 unspecified atom stereocenters. The topological polar surface area (TPSA) is 44.5 Å². The fourth-order valence-corrected chi connectivity index (χ4v) is 2.23. The van der Waals surface area contributed by atoms with Gasteiger partial charge in [-0.1, -0.05) is 18.2 Å². The second-order valence-corrected chi connectivity index (χ2v) is 5.35. The predicted molar refractivity (Wildman–Crippen MR) is 85.8 cm³/mol. The summed E-state index contributed by atoms with van der Waals surface area (Å²) in [6.07, 6.45) is 0. The van der Waals surface area contributed by atoms with Crippen LogP contribution in [0.1, 0.15) is 35.2 Å². The van der Waals surface area contributed by atoms with Crippen LogP contribution in [0, 0.1) is 13.8 Å². The molecule has 2 N–H and O–H groups in total. The molecule has 0 amide bonds. The van der Waals surface area contributed by atoms with Crippen molar-refractivity contribution in [3.63, 3.8) is 0 Å². The van der Waals surface area contributed by atoms with E-state index in [1.165, 1.54) is 11.1 Å². The van der Waals surface area contributed by atoms with Crippen molar-refractivity contribution in [2.75, 3.05) is 7.11 Å². The maximum Gasteiger partial charge on any atom is 0.125 e. The Hall–Kier alpha value is -2.00. The summed E-state index contributed by atoms with van der Waals surface area (Å²) in [6, 6.07) is 12.1. The summed E-state index contributed by atoms with van der Waals surface area (Å²) >= 11 is 0. The lowest BCUT2D eigenvalue weighted by molar-refractivity contribution is 0.294. The van der Waals surface area contributed by atoms with Crippen molar-refractivity contribution in [2.45, 2.75) is 33.4 Å². The number of methoxy groups -OCH3 is 1. The van der Waals surface area contributed by atoms with Crippen LogP contribution in [0.5, 0.6) is 11.5 Å². The van der Waals surface area contributed by atoms with Crippen LogP contribution in [0.4, 0.5) is 0 Å². The minimum atomic E-state index is -0.00429. The molecule has 1 atom stereocenters. The normalized spacial score (nSPS) is 12.0. The Bertz CT molecular complexity index is 621. The van der Waals surface area contributed by atoms with Crippen molar-refractivity contribution in [1.82, 2.24) is 0 Å². The zero-order chi connectivity index (χ0) is 15.4. The molecule has 0 saturated heterocycles. The Morgan fingerprint density at radius 3 is 2.52 bits per heavy atom. The number of hydrogen-bond donors (Lipinski definition) is 1. The van der Waals surface area contributed by atoms with Gasteiger partial charge < -0.3 is 15.2 Å². The number of ether oxygens (including phenoxy) is 2. The Labute approximate surface area is 126 Å². The molecule has 0 aromatic heterocycles.